The molecule has 146 valence electrons. The second-order valence-electron chi connectivity index (χ2n) is 6.24. The quantitative estimate of drug-likeness (QED) is 0.572. The van der Waals surface area contributed by atoms with Crippen molar-refractivity contribution in [3.05, 3.63) is 70.9 Å². The second kappa shape index (κ2) is 8.75. The Balaban J connectivity index is 1.94. The van der Waals surface area contributed by atoms with Crippen LogP contribution in [-0.4, -0.2) is 25.3 Å². The molecule has 0 saturated carbocycles. The van der Waals surface area contributed by atoms with Gasteiger partial charge in [-0.3, -0.25) is 0 Å². The monoisotopic (exact) mass is 398 g/mol. The molecule has 2 aromatic carbocycles. The van der Waals surface area contributed by atoms with Gasteiger partial charge in [0.2, 0.25) is 0 Å². The van der Waals surface area contributed by atoms with E-state index in [9.17, 15) is 4.79 Å². The van der Waals surface area contributed by atoms with E-state index in [1.165, 1.54) is 0 Å². The van der Waals surface area contributed by atoms with Crippen molar-refractivity contribution in [1.82, 2.24) is 10.6 Å². The average Bonchev–Trinajstić information content (AvgIpc) is 2.71. The molecule has 3 rings (SSSR count). The summed E-state index contributed by atoms with van der Waals surface area (Å²) in [7, 11) is 3.16. The summed E-state index contributed by atoms with van der Waals surface area (Å²) in [6.45, 7) is 1.98. The molecule has 0 radical (unpaired) electrons. The molecule has 2 aromatic rings. The van der Waals surface area contributed by atoms with E-state index < -0.39 is 12.0 Å². The molecule has 0 spiro atoms. The first-order valence-corrected chi connectivity index (χ1v) is 9.15. The number of nitrogens with one attached hydrogen (secondary N) is 2. The minimum Gasteiger partial charge on any atom is -0.497 e. The van der Waals surface area contributed by atoms with Crippen LogP contribution in [0.2, 0.25) is 0 Å². The molecule has 0 aliphatic carbocycles. The van der Waals surface area contributed by atoms with Gasteiger partial charge in [-0.1, -0.05) is 30.3 Å². The van der Waals surface area contributed by atoms with Crippen molar-refractivity contribution >= 4 is 23.3 Å². The summed E-state index contributed by atoms with van der Waals surface area (Å²) >= 11 is 5.30. The van der Waals surface area contributed by atoms with Gasteiger partial charge < -0.3 is 24.8 Å². The van der Waals surface area contributed by atoms with Crippen LogP contribution in [-0.2, 0) is 16.1 Å². The number of rotatable bonds is 6. The molecular formula is C21H22N2O4S. The average molecular weight is 398 g/mol. The Bertz CT molecular complexity index is 912. The maximum absolute atomic E-state index is 13.0. The van der Waals surface area contributed by atoms with E-state index in [-0.39, 0.29) is 6.61 Å². The molecule has 1 unspecified atom stereocenters. The topological polar surface area (TPSA) is 68.8 Å². The molecule has 0 aromatic heterocycles. The normalized spacial score (nSPS) is 16.1. The van der Waals surface area contributed by atoms with Crippen molar-refractivity contribution in [2.24, 2.45) is 0 Å². The van der Waals surface area contributed by atoms with Gasteiger partial charge in [0.25, 0.3) is 0 Å². The first kappa shape index (κ1) is 19.7. The summed E-state index contributed by atoms with van der Waals surface area (Å²) < 4.78 is 16.4. The molecule has 1 heterocycles. The Hall–Kier alpha value is -3.06. The van der Waals surface area contributed by atoms with Crippen LogP contribution >= 0.6 is 12.2 Å². The minimum atomic E-state index is -0.526. The molecule has 0 fully saturated rings. The maximum Gasteiger partial charge on any atom is 0.338 e. The predicted molar refractivity (Wildman–Crippen MR) is 110 cm³/mol. The summed E-state index contributed by atoms with van der Waals surface area (Å²) in [5.41, 5.74) is 2.72. The lowest BCUT2D eigenvalue weighted by Crippen LogP contribution is -2.45. The van der Waals surface area contributed by atoms with E-state index in [0.29, 0.717) is 27.9 Å². The van der Waals surface area contributed by atoms with Crippen molar-refractivity contribution in [3.8, 4) is 11.5 Å². The third kappa shape index (κ3) is 4.26. The number of carbonyl (C=O) groups is 1. The summed E-state index contributed by atoms with van der Waals surface area (Å²) in [6.07, 6.45) is 0. The smallest absolute Gasteiger partial charge is 0.338 e. The fourth-order valence-corrected chi connectivity index (χ4v) is 3.33. The Morgan fingerprint density at radius 1 is 1.11 bits per heavy atom. The lowest BCUT2D eigenvalue weighted by atomic mass is 9.94. The number of methoxy groups -OCH3 is 2. The molecule has 0 amide bonds. The van der Waals surface area contributed by atoms with Gasteiger partial charge in [0.1, 0.15) is 18.1 Å². The van der Waals surface area contributed by atoms with Crippen LogP contribution in [0.5, 0.6) is 11.5 Å². The SMILES string of the molecule is COc1ccc(OC)c(C2NC(=S)NC(C)=C2C(=O)OCc2ccccc2)c1. The number of thiocarbonyl (C=S) groups is 1. The molecular weight excluding hydrogens is 376 g/mol. The van der Waals surface area contributed by atoms with Crippen molar-refractivity contribution in [1.29, 1.82) is 0 Å². The van der Waals surface area contributed by atoms with Gasteiger partial charge in [-0.25, -0.2) is 4.79 Å². The highest BCUT2D eigenvalue weighted by molar-refractivity contribution is 7.80. The zero-order chi connectivity index (χ0) is 20.1. The molecule has 1 aliphatic heterocycles. The summed E-state index contributed by atoms with van der Waals surface area (Å²) in [5.74, 6) is 0.833. The Kier molecular flexibility index (Phi) is 6.16. The van der Waals surface area contributed by atoms with E-state index in [1.54, 1.807) is 33.3 Å². The predicted octanol–water partition coefficient (Wildman–Crippen LogP) is 3.24. The molecule has 1 aliphatic rings. The molecule has 28 heavy (non-hydrogen) atoms. The first-order chi connectivity index (χ1) is 13.5. The lowest BCUT2D eigenvalue weighted by molar-refractivity contribution is -0.140. The van der Waals surface area contributed by atoms with Crippen molar-refractivity contribution in [2.75, 3.05) is 14.2 Å². The number of hydrogen-bond donors (Lipinski definition) is 2. The fraction of sp³-hybridized carbons (Fsp3) is 0.238. The summed E-state index contributed by atoms with van der Waals surface area (Å²) in [4.78, 5) is 13.0. The lowest BCUT2D eigenvalue weighted by Gasteiger charge is -2.30. The van der Waals surface area contributed by atoms with Gasteiger partial charge >= 0.3 is 5.97 Å². The highest BCUT2D eigenvalue weighted by atomic mass is 32.1. The van der Waals surface area contributed by atoms with Crippen molar-refractivity contribution in [3.63, 3.8) is 0 Å². The van der Waals surface area contributed by atoms with Crippen molar-refractivity contribution < 1.29 is 19.0 Å². The number of ether oxygens (including phenoxy) is 3. The number of allylic oxidation sites excluding steroid dienone is 1. The molecule has 6 nitrogen and oxygen atoms in total. The number of hydrogen-bond acceptors (Lipinski definition) is 5. The Labute approximate surface area is 169 Å². The molecule has 2 N–H and O–H groups in total. The number of carbonyl (C=O) groups excluding carboxylic acids is 1. The van der Waals surface area contributed by atoms with Gasteiger partial charge in [-0.2, -0.15) is 0 Å². The molecule has 0 saturated heterocycles. The van der Waals surface area contributed by atoms with Crippen LogP contribution in [0.25, 0.3) is 0 Å². The number of benzene rings is 2. The largest absolute Gasteiger partial charge is 0.497 e. The molecule has 7 heteroatoms. The van der Waals surface area contributed by atoms with Crippen molar-refractivity contribution in [2.45, 2.75) is 19.6 Å². The summed E-state index contributed by atoms with van der Waals surface area (Å²) in [5, 5.41) is 6.57. The van der Waals surface area contributed by atoms with Gasteiger partial charge in [-0.05, 0) is 42.9 Å². The number of esters is 1. The third-order valence-corrected chi connectivity index (χ3v) is 4.67. The van der Waals surface area contributed by atoms with Crippen LogP contribution in [0, 0.1) is 0 Å². The third-order valence-electron chi connectivity index (χ3n) is 4.45. The summed E-state index contributed by atoms with van der Waals surface area (Å²) in [6, 6.07) is 14.4. The Morgan fingerprint density at radius 3 is 2.54 bits per heavy atom. The standard InChI is InChI=1S/C21H22N2O4S/c1-13-18(20(24)27-12-14-7-5-4-6-8-14)19(23-21(28)22-13)16-11-15(25-2)9-10-17(16)26-3/h4-11,19H,12H2,1-3H3,(H2,22,23,28). The Morgan fingerprint density at radius 2 is 1.86 bits per heavy atom. The second-order valence-corrected chi connectivity index (χ2v) is 6.65. The van der Waals surface area contributed by atoms with E-state index >= 15 is 0 Å². The van der Waals surface area contributed by atoms with Gasteiger partial charge in [0.05, 0.1) is 25.8 Å². The zero-order valence-corrected chi connectivity index (χ0v) is 16.8. The fourth-order valence-electron chi connectivity index (χ4n) is 3.06. The van der Waals surface area contributed by atoms with Crippen LogP contribution in [0.3, 0.4) is 0 Å². The highest BCUT2D eigenvalue weighted by Gasteiger charge is 2.33. The zero-order valence-electron chi connectivity index (χ0n) is 15.9. The minimum absolute atomic E-state index is 0.183. The highest BCUT2D eigenvalue weighted by Crippen LogP contribution is 2.36. The van der Waals surface area contributed by atoms with Crippen LogP contribution in [0.15, 0.2) is 59.8 Å². The molecule has 1 atom stereocenters. The molecule has 0 bridgehead atoms. The van der Waals surface area contributed by atoms with Crippen LogP contribution in [0.1, 0.15) is 24.1 Å². The van der Waals surface area contributed by atoms with E-state index in [2.05, 4.69) is 10.6 Å². The van der Waals surface area contributed by atoms with Crippen LogP contribution < -0.4 is 20.1 Å². The van der Waals surface area contributed by atoms with E-state index in [0.717, 1.165) is 11.1 Å². The van der Waals surface area contributed by atoms with Gasteiger partial charge in [0, 0.05) is 11.3 Å². The van der Waals surface area contributed by atoms with E-state index in [1.807, 2.05) is 36.4 Å². The first-order valence-electron chi connectivity index (χ1n) is 8.74. The maximum atomic E-state index is 13.0. The van der Waals surface area contributed by atoms with Gasteiger partial charge in [0.15, 0.2) is 5.11 Å². The van der Waals surface area contributed by atoms with E-state index in [4.69, 9.17) is 26.4 Å². The van der Waals surface area contributed by atoms with Crippen LogP contribution in [0.4, 0.5) is 0 Å². The van der Waals surface area contributed by atoms with Gasteiger partial charge in [-0.15, -0.1) is 0 Å².